The Balaban J connectivity index is 2.19. The molecule has 2 atom stereocenters. The summed E-state index contributed by atoms with van der Waals surface area (Å²) < 4.78 is 24.6. The van der Waals surface area contributed by atoms with E-state index in [4.69, 9.17) is 0 Å². The molecule has 3 nitrogen and oxygen atoms in total. The second-order valence-corrected chi connectivity index (χ2v) is 8.58. The van der Waals surface area contributed by atoms with Crippen LogP contribution in [-0.2, 0) is 9.84 Å². The maximum Gasteiger partial charge on any atom is 0.150 e. The van der Waals surface area contributed by atoms with Crippen LogP contribution in [0.1, 0.15) is 31.2 Å². The third-order valence-corrected chi connectivity index (χ3v) is 6.45. The highest BCUT2D eigenvalue weighted by Gasteiger charge is 2.34. The van der Waals surface area contributed by atoms with Gasteiger partial charge in [0.25, 0.3) is 0 Å². The summed E-state index contributed by atoms with van der Waals surface area (Å²) in [6.45, 7) is 3.96. The summed E-state index contributed by atoms with van der Waals surface area (Å²) >= 11 is 3.60. The molecule has 5 heteroatoms. The third-order valence-electron chi connectivity index (χ3n) is 3.93. The number of rotatable bonds is 6. The number of nitrogens with one attached hydrogen (secondary N) is 1. The first kappa shape index (κ1) is 16.0. The van der Waals surface area contributed by atoms with Crippen LogP contribution >= 0.6 is 15.9 Å². The highest BCUT2D eigenvalue weighted by Crippen LogP contribution is 2.36. The van der Waals surface area contributed by atoms with Crippen molar-refractivity contribution >= 4 is 25.8 Å². The summed E-state index contributed by atoms with van der Waals surface area (Å²) in [5, 5.41) is 3.45. The molecule has 1 N–H and O–H groups in total. The molecule has 1 aliphatic rings. The van der Waals surface area contributed by atoms with Crippen LogP contribution in [-0.4, -0.2) is 33.0 Å². The molecule has 0 spiro atoms. The molecule has 1 aliphatic heterocycles. The van der Waals surface area contributed by atoms with E-state index < -0.39 is 9.84 Å². The molecule has 1 heterocycles. The van der Waals surface area contributed by atoms with Crippen LogP contribution in [0.3, 0.4) is 0 Å². The molecule has 20 heavy (non-hydrogen) atoms. The largest absolute Gasteiger partial charge is 0.316 e. The van der Waals surface area contributed by atoms with Crippen LogP contribution in [0.5, 0.6) is 0 Å². The highest BCUT2D eigenvalue weighted by molar-refractivity contribution is 9.10. The van der Waals surface area contributed by atoms with E-state index in [1.54, 1.807) is 0 Å². The smallest absolute Gasteiger partial charge is 0.150 e. The predicted molar refractivity (Wildman–Crippen MR) is 86.8 cm³/mol. The zero-order chi connectivity index (χ0) is 14.6. The fourth-order valence-corrected chi connectivity index (χ4v) is 5.34. The zero-order valence-electron chi connectivity index (χ0n) is 11.8. The van der Waals surface area contributed by atoms with Crippen LogP contribution < -0.4 is 5.32 Å². The van der Waals surface area contributed by atoms with E-state index in [2.05, 4.69) is 34.2 Å². The van der Waals surface area contributed by atoms with Crippen molar-refractivity contribution in [2.24, 2.45) is 5.92 Å². The third kappa shape index (κ3) is 4.06. The van der Waals surface area contributed by atoms with Gasteiger partial charge in [-0.15, -0.1) is 0 Å². The number of benzene rings is 1. The van der Waals surface area contributed by atoms with E-state index in [0.29, 0.717) is 11.5 Å². The highest BCUT2D eigenvalue weighted by atomic mass is 79.9. The molecule has 0 aromatic heterocycles. The maximum absolute atomic E-state index is 11.8. The van der Waals surface area contributed by atoms with Crippen molar-refractivity contribution < 1.29 is 8.42 Å². The quantitative estimate of drug-likeness (QED) is 0.794. The predicted octanol–water partition coefficient (Wildman–Crippen LogP) is 2.97. The van der Waals surface area contributed by atoms with Crippen LogP contribution in [0.2, 0.25) is 0 Å². The average Bonchev–Trinajstić information content (AvgIpc) is 2.76. The van der Waals surface area contributed by atoms with Crippen molar-refractivity contribution in [3.05, 3.63) is 34.3 Å². The molecule has 0 radical (unpaired) electrons. The molecule has 0 bridgehead atoms. The molecule has 0 amide bonds. The van der Waals surface area contributed by atoms with Gasteiger partial charge in [-0.2, -0.15) is 0 Å². The van der Waals surface area contributed by atoms with Gasteiger partial charge in [-0.3, -0.25) is 0 Å². The Kier molecular flexibility index (Phi) is 5.64. The van der Waals surface area contributed by atoms with Crippen LogP contribution in [0.15, 0.2) is 28.7 Å². The molecule has 2 unspecified atom stereocenters. The van der Waals surface area contributed by atoms with Crippen molar-refractivity contribution in [1.82, 2.24) is 5.32 Å². The maximum atomic E-state index is 11.8. The minimum absolute atomic E-state index is 0.225. The summed E-state index contributed by atoms with van der Waals surface area (Å²) in [5.74, 6) is 1.15. The SMILES string of the molecule is CCCNCC(c1ccccc1Br)C1CCS(=O)(=O)C1. The van der Waals surface area contributed by atoms with Gasteiger partial charge in [0, 0.05) is 16.9 Å². The topological polar surface area (TPSA) is 46.2 Å². The fourth-order valence-electron chi connectivity index (χ4n) is 2.88. The minimum atomic E-state index is -2.84. The molecular formula is C15H22BrNO2S. The van der Waals surface area contributed by atoms with E-state index in [1.165, 1.54) is 5.56 Å². The number of sulfone groups is 1. The van der Waals surface area contributed by atoms with Crippen molar-refractivity contribution in [2.75, 3.05) is 24.6 Å². The van der Waals surface area contributed by atoms with Gasteiger partial charge < -0.3 is 5.32 Å². The van der Waals surface area contributed by atoms with Gasteiger partial charge in [0.1, 0.15) is 0 Å². The lowest BCUT2D eigenvalue weighted by Gasteiger charge is -2.24. The standard InChI is InChI=1S/C15H22BrNO2S/c1-2-8-17-10-14(12-7-9-20(18,19)11-12)13-5-3-4-6-15(13)16/h3-6,12,14,17H,2,7-11H2,1H3. The Morgan fingerprint density at radius 3 is 2.75 bits per heavy atom. The average molecular weight is 360 g/mol. The molecule has 0 aliphatic carbocycles. The Bertz CT molecular complexity index is 545. The summed E-state index contributed by atoms with van der Waals surface area (Å²) in [4.78, 5) is 0. The molecular weight excluding hydrogens is 338 g/mol. The summed E-state index contributed by atoms with van der Waals surface area (Å²) in [6.07, 6.45) is 1.87. The van der Waals surface area contributed by atoms with Gasteiger partial charge in [-0.1, -0.05) is 41.1 Å². The van der Waals surface area contributed by atoms with Crippen molar-refractivity contribution in [3.63, 3.8) is 0 Å². The van der Waals surface area contributed by atoms with Gasteiger partial charge >= 0.3 is 0 Å². The molecule has 1 aromatic carbocycles. The molecule has 112 valence electrons. The molecule has 1 fully saturated rings. The lowest BCUT2D eigenvalue weighted by Crippen LogP contribution is -2.28. The van der Waals surface area contributed by atoms with Crippen molar-refractivity contribution in [3.8, 4) is 0 Å². The second-order valence-electron chi connectivity index (χ2n) is 5.50. The summed E-state index contributed by atoms with van der Waals surface area (Å²) in [6, 6.07) is 8.16. The molecule has 1 saturated heterocycles. The minimum Gasteiger partial charge on any atom is -0.316 e. The van der Waals surface area contributed by atoms with Gasteiger partial charge in [0.2, 0.25) is 0 Å². The van der Waals surface area contributed by atoms with E-state index in [9.17, 15) is 8.42 Å². The monoisotopic (exact) mass is 359 g/mol. The lowest BCUT2D eigenvalue weighted by atomic mass is 9.85. The number of halogens is 1. The van der Waals surface area contributed by atoms with Crippen LogP contribution in [0.25, 0.3) is 0 Å². The van der Waals surface area contributed by atoms with Crippen molar-refractivity contribution in [1.29, 1.82) is 0 Å². The Hall–Kier alpha value is -0.390. The van der Waals surface area contributed by atoms with Crippen LogP contribution in [0, 0.1) is 5.92 Å². The lowest BCUT2D eigenvalue weighted by molar-refractivity contribution is 0.437. The van der Waals surface area contributed by atoms with Gasteiger partial charge in [0.15, 0.2) is 9.84 Å². The Morgan fingerprint density at radius 2 is 2.15 bits per heavy atom. The second kappa shape index (κ2) is 7.05. The normalized spacial score (nSPS) is 22.8. The van der Waals surface area contributed by atoms with Crippen LogP contribution in [0.4, 0.5) is 0 Å². The Labute approximate surface area is 130 Å². The van der Waals surface area contributed by atoms with Gasteiger partial charge in [0.05, 0.1) is 11.5 Å². The Morgan fingerprint density at radius 1 is 1.40 bits per heavy atom. The first-order valence-electron chi connectivity index (χ1n) is 7.19. The van der Waals surface area contributed by atoms with E-state index in [1.807, 2.05) is 18.2 Å². The molecule has 0 saturated carbocycles. The van der Waals surface area contributed by atoms with Crippen molar-refractivity contribution in [2.45, 2.75) is 25.7 Å². The molecule has 2 rings (SSSR count). The first-order valence-corrected chi connectivity index (χ1v) is 9.80. The summed E-state index contributed by atoms with van der Waals surface area (Å²) in [7, 11) is -2.84. The van der Waals surface area contributed by atoms with E-state index in [0.717, 1.165) is 30.4 Å². The van der Waals surface area contributed by atoms with Gasteiger partial charge in [-0.05, 0) is 36.9 Å². The first-order chi connectivity index (χ1) is 9.53. The van der Waals surface area contributed by atoms with E-state index >= 15 is 0 Å². The number of hydrogen-bond acceptors (Lipinski definition) is 3. The molecule has 1 aromatic rings. The van der Waals surface area contributed by atoms with Gasteiger partial charge in [-0.25, -0.2) is 8.42 Å². The number of hydrogen-bond donors (Lipinski definition) is 1. The summed E-state index contributed by atoms with van der Waals surface area (Å²) in [5.41, 5.74) is 1.22. The zero-order valence-corrected chi connectivity index (χ0v) is 14.2. The fraction of sp³-hybridized carbons (Fsp3) is 0.600. The van der Waals surface area contributed by atoms with E-state index in [-0.39, 0.29) is 11.8 Å².